The number of benzene rings is 1. The van der Waals surface area contributed by atoms with Gasteiger partial charge in [0, 0.05) is 12.5 Å². The maximum atomic E-state index is 11.9. The molecule has 3 heteroatoms. The van der Waals surface area contributed by atoms with Crippen LogP contribution in [0.25, 0.3) is 0 Å². The van der Waals surface area contributed by atoms with Crippen molar-refractivity contribution in [1.82, 2.24) is 5.32 Å². The summed E-state index contributed by atoms with van der Waals surface area (Å²) in [6, 6.07) is 9.82. The highest BCUT2D eigenvalue weighted by molar-refractivity contribution is 5.77. The van der Waals surface area contributed by atoms with Gasteiger partial charge in [0.25, 0.3) is 0 Å². The average Bonchev–Trinajstić information content (AvgIpc) is 2.28. The molecule has 1 aromatic carbocycles. The van der Waals surface area contributed by atoms with Gasteiger partial charge in [-0.25, -0.2) is 0 Å². The summed E-state index contributed by atoms with van der Waals surface area (Å²) in [6.45, 7) is 8.12. The molecule has 100 valence electrons. The summed E-state index contributed by atoms with van der Waals surface area (Å²) in [4.78, 5) is 11.9. The fourth-order valence-electron chi connectivity index (χ4n) is 1.63. The Labute approximate surface area is 110 Å². The highest BCUT2D eigenvalue weighted by atomic mass is 16.1. The van der Waals surface area contributed by atoms with Gasteiger partial charge in [-0.05, 0) is 17.9 Å². The molecule has 3 nitrogen and oxygen atoms in total. The van der Waals surface area contributed by atoms with Gasteiger partial charge in [-0.2, -0.15) is 0 Å². The first-order valence-corrected chi connectivity index (χ1v) is 6.40. The molecule has 0 aromatic heterocycles. The Hall–Kier alpha value is -1.35. The van der Waals surface area contributed by atoms with Crippen LogP contribution in [0.3, 0.4) is 0 Å². The second-order valence-corrected chi connectivity index (χ2v) is 5.88. The van der Waals surface area contributed by atoms with E-state index >= 15 is 0 Å². The van der Waals surface area contributed by atoms with Gasteiger partial charge in [0.15, 0.2) is 0 Å². The van der Waals surface area contributed by atoms with E-state index in [1.54, 1.807) is 0 Å². The minimum absolute atomic E-state index is 0.00813. The molecule has 0 aliphatic carbocycles. The Morgan fingerprint density at radius 3 is 2.33 bits per heavy atom. The Kier molecular flexibility index (Phi) is 4.91. The molecule has 1 aromatic rings. The topological polar surface area (TPSA) is 55.1 Å². The summed E-state index contributed by atoms with van der Waals surface area (Å²) >= 11 is 0. The van der Waals surface area contributed by atoms with Crippen molar-refractivity contribution in [2.75, 3.05) is 0 Å². The van der Waals surface area contributed by atoms with E-state index in [0.717, 1.165) is 5.56 Å². The minimum atomic E-state index is -0.125. The Balaban J connectivity index is 2.51. The van der Waals surface area contributed by atoms with Gasteiger partial charge in [0.2, 0.25) is 5.91 Å². The molecule has 2 atom stereocenters. The largest absolute Gasteiger partial charge is 0.350 e. The molecular formula is C15H24N2O. The molecule has 0 saturated heterocycles. The molecule has 0 fully saturated rings. The van der Waals surface area contributed by atoms with Crippen molar-refractivity contribution < 1.29 is 4.79 Å². The first-order chi connectivity index (χ1) is 8.30. The molecule has 0 heterocycles. The van der Waals surface area contributed by atoms with Crippen LogP contribution in [0.1, 0.15) is 45.7 Å². The predicted molar refractivity (Wildman–Crippen MR) is 75.0 cm³/mol. The van der Waals surface area contributed by atoms with Gasteiger partial charge >= 0.3 is 0 Å². The Morgan fingerprint density at radius 2 is 1.83 bits per heavy atom. The van der Waals surface area contributed by atoms with E-state index < -0.39 is 0 Å². The van der Waals surface area contributed by atoms with Crippen LogP contribution in [0.5, 0.6) is 0 Å². The van der Waals surface area contributed by atoms with E-state index in [4.69, 9.17) is 5.73 Å². The molecule has 1 amide bonds. The normalized spacial score (nSPS) is 14.9. The van der Waals surface area contributed by atoms with Crippen LogP contribution in [-0.2, 0) is 4.79 Å². The fraction of sp³-hybridized carbons (Fsp3) is 0.533. The lowest BCUT2D eigenvalue weighted by molar-refractivity contribution is -0.122. The summed E-state index contributed by atoms with van der Waals surface area (Å²) in [7, 11) is 0. The minimum Gasteiger partial charge on any atom is -0.350 e. The molecule has 18 heavy (non-hydrogen) atoms. The second-order valence-electron chi connectivity index (χ2n) is 5.88. The van der Waals surface area contributed by atoms with Crippen LogP contribution in [0, 0.1) is 5.41 Å². The van der Waals surface area contributed by atoms with E-state index in [-0.39, 0.29) is 23.4 Å². The highest BCUT2D eigenvalue weighted by Crippen LogP contribution is 2.20. The molecular weight excluding hydrogens is 224 g/mol. The summed E-state index contributed by atoms with van der Waals surface area (Å²) in [5.41, 5.74) is 7.06. The predicted octanol–water partition coefficient (Wildman–Crippen LogP) is 2.63. The zero-order valence-corrected chi connectivity index (χ0v) is 11.7. The second kappa shape index (κ2) is 6.01. The molecule has 0 aliphatic rings. The number of carbonyl (C=O) groups is 1. The van der Waals surface area contributed by atoms with Crippen LogP contribution in [0.4, 0.5) is 0 Å². The summed E-state index contributed by atoms with van der Waals surface area (Å²) in [6.07, 6.45) is 0.362. The maximum absolute atomic E-state index is 11.9. The summed E-state index contributed by atoms with van der Waals surface area (Å²) in [5.74, 6) is 0.00813. The Bertz CT molecular complexity index is 381. The monoisotopic (exact) mass is 248 g/mol. The highest BCUT2D eigenvalue weighted by Gasteiger charge is 2.23. The number of nitrogens with one attached hydrogen (secondary N) is 1. The van der Waals surface area contributed by atoms with Crippen molar-refractivity contribution >= 4 is 5.91 Å². The van der Waals surface area contributed by atoms with Crippen molar-refractivity contribution in [3.8, 4) is 0 Å². The quantitative estimate of drug-likeness (QED) is 0.860. The van der Waals surface area contributed by atoms with E-state index in [9.17, 15) is 4.79 Å². The number of hydrogen-bond donors (Lipinski definition) is 2. The van der Waals surface area contributed by atoms with Crippen LogP contribution in [0.15, 0.2) is 30.3 Å². The molecule has 3 N–H and O–H groups in total. The van der Waals surface area contributed by atoms with E-state index in [1.165, 1.54) is 0 Å². The van der Waals surface area contributed by atoms with Crippen LogP contribution in [-0.4, -0.2) is 11.9 Å². The smallest absolute Gasteiger partial charge is 0.222 e. The Morgan fingerprint density at radius 1 is 1.28 bits per heavy atom. The number of carbonyl (C=O) groups excluding carboxylic acids is 1. The summed E-state index contributed by atoms with van der Waals surface area (Å²) in [5, 5.41) is 2.98. The van der Waals surface area contributed by atoms with Gasteiger partial charge < -0.3 is 11.1 Å². The maximum Gasteiger partial charge on any atom is 0.222 e. The number of nitrogens with two attached hydrogens (primary N) is 1. The van der Waals surface area contributed by atoms with Gasteiger partial charge in [-0.15, -0.1) is 0 Å². The van der Waals surface area contributed by atoms with Crippen LogP contribution >= 0.6 is 0 Å². The molecule has 1 rings (SSSR count). The van der Waals surface area contributed by atoms with Crippen molar-refractivity contribution in [2.24, 2.45) is 11.1 Å². The molecule has 0 radical (unpaired) electrons. The number of amides is 1. The van der Waals surface area contributed by atoms with Crippen molar-refractivity contribution in [3.05, 3.63) is 35.9 Å². The lowest BCUT2D eigenvalue weighted by atomic mass is 9.85. The lowest BCUT2D eigenvalue weighted by Crippen LogP contribution is -2.40. The van der Waals surface area contributed by atoms with Gasteiger partial charge in [0.05, 0.1) is 6.04 Å². The lowest BCUT2D eigenvalue weighted by Gasteiger charge is -2.27. The van der Waals surface area contributed by atoms with Gasteiger partial charge in [-0.3, -0.25) is 4.79 Å². The zero-order valence-electron chi connectivity index (χ0n) is 11.7. The number of hydrogen-bond acceptors (Lipinski definition) is 2. The molecule has 2 unspecified atom stereocenters. The van der Waals surface area contributed by atoms with E-state index in [0.29, 0.717) is 6.42 Å². The van der Waals surface area contributed by atoms with Crippen LogP contribution in [0.2, 0.25) is 0 Å². The van der Waals surface area contributed by atoms with E-state index in [2.05, 4.69) is 5.32 Å². The fourth-order valence-corrected chi connectivity index (χ4v) is 1.63. The molecule has 0 saturated carbocycles. The standard InChI is InChI=1S/C15H24N2O/c1-11(12-8-6-5-7-9-12)17-14(18)10-13(16)15(2,3)4/h5-9,11,13H,10,16H2,1-4H3,(H,17,18). The third-order valence-electron chi connectivity index (χ3n) is 3.19. The van der Waals surface area contributed by atoms with Crippen molar-refractivity contribution in [1.29, 1.82) is 0 Å². The third kappa shape index (κ3) is 4.49. The summed E-state index contributed by atoms with van der Waals surface area (Å²) < 4.78 is 0. The van der Waals surface area contributed by atoms with Gasteiger partial charge in [0.1, 0.15) is 0 Å². The zero-order chi connectivity index (χ0) is 13.8. The van der Waals surface area contributed by atoms with Crippen LogP contribution < -0.4 is 11.1 Å². The molecule has 0 bridgehead atoms. The third-order valence-corrected chi connectivity index (χ3v) is 3.19. The SMILES string of the molecule is CC(NC(=O)CC(N)C(C)(C)C)c1ccccc1. The average molecular weight is 248 g/mol. The molecule has 0 spiro atoms. The van der Waals surface area contributed by atoms with Crippen molar-refractivity contribution in [2.45, 2.75) is 46.2 Å². The number of rotatable bonds is 4. The first kappa shape index (κ1) is 14.7. The van der Waals surface area contributed by atoms with E-state index in [1.807, 2.05) is 58.0 Å². The van der Waals surface area contributed by atoms with Crippen molar-refractivity contribution in [3.63, 3.8) is 0 Å². The van der Waals surface area contributed by atoms with Gasteiger partial charge in [-0.1, -0.05) is 51.1 Å². The first-order valence-electron chi connectivity index (χ1n) is 6.40. The molecule has 0 aliphatic heterocycles.